The number of carboxylic acids is 1. The molecule has 0 unspecified atom stereocenters. The lowest BCUT2D eigenvalue weighted by atomic mass is 9.93. The number of hydrogen-bond donors (Lipinski definition) is 2. The molecule has 6 heteroatoms. The highest BCUT2D eigenvalue weighted by atomic mass is 32.2. The van der Waals surface area contributed by atoms with Gasteiger partial charge in [-0.1, -0.05) is 29.8 Å². The minimum Gasteiger partial charge on any atom is -0.497 e. The fourth-order valence-corrected chi connectivity index (χ4v) is 4.29. The van der Waals surface area contributed by atoms with E-state index in [1.165, 1.54) is 11.8 Å². The summed E-state index contributed by atoms with van der Waals surface area (Å²) in [5.41, 5.74) is 1.81. The van der Waals surface area contributed by atoms with Crippen molar-refractivity contribution in [1.82, 2.24) is 5.32 Å². The fraction of sp³-hybridized carbons (Fsp3) is 0.263. The zero-order valence-corrected chi connectivity index (χ0v) is 14.8. The number of rotatable bonds is 5. The Labute approximate surface area is 150 Å². The lowest BCUT2D eigenvalue weighted by Crippen LogP contribution is -2.40. The summed E-state index contributed by atoms with van der Waals surface area (Å²) in [5, 5.41) is 12.8. The molecule has 2 aromatic carbocycles. The van der Waals surface area contributed by atoms with Gasteiger partial charge in [-0.3, -0.25) is 9.59 Å². The van der Waals surface area contributed by atoms with Gasteiger partial charge in [0.25, 0.3) is 0 Å². The number of thioether (sulfide) groups is 1. The first-order chi connectivity index (χ1) is 11.9. The third kappa shape index (κ3) is 3.35. The van der Waals surface area contributed by atoms with Gasteiger partial charge in [-0.25, -0.2) is 0 Å². The molecule has 0 spiro atoms. The summed E-state index contributed by atoms with van der Waals surface area (Å²) in [5.74, 6) is -0.655. The molecule has 1 heterocycles. The summed E-state index contributed by atoms with van der Waals surface area (Å²) in [7, 11) is 1.55. The van der Waals surface area contributed by atoms with E-state index in [0.29, 0.717) is 11.3 Å². The number of aliphatic carboxylic acids is 1. The summed E-state index contributed by atoms with van der Waals surface area (Å²) < 4.78 is 3.93. The highest BCUT2D eigenvalue weighted by molar-refractivity contribution is 8.01. The predicted molar refractivity (Wildman–Crippen MR) is 95.9 cm³/mol. The normalized spacial score (nSPS) is 22.5. The summed E-state index contributed by atoms with van der Waals surface area (Å²) in [6.45, 7) is 1.97. The van der Waals surface area contributed by atoms with E-state index in [9.17, 15) is 14.7 Å². The molecule has 5 nitrogen and oxygen atoms in total. The Kier molecular flexibility index (Phi) is 4.72. The van der Waals surface area contributed by atoms with E-state index >= 15 is 0 Å². The highest BCUT2D eigenvalue weighted by Gasteiger charge is 2.54. The Balaban J connectivity index is 2.03. The van der Waals surface area contributed by atoms with Crippen LogP contribution in [-0.2, 0) is 9.59 Å². The summed E-state index contributed by atoms with van der Waals surface area (Å²) in [4.78, 5) is 25.2. The number of ether oxygens (including phenoxy) is 1. The van der Waals surface area contributed by atoms with E-state index in [4.69, 9.17) is 4.74 Å². The van der Waals surface area contributed by atoms with Gasteiger partial charge in [0.15, 0.2) is 4.75 Å². The van der Waals surface area contributed by atoms with E-state index in [2.05, 4.69) is 5.32 Å². The van der Waals surface area contributed by atoms with E-state index in [-0.39, 0.29) is 12.3 Å². The summed E-state index contributed by atoms with van der Waals surface area (Å²) in [6.07, 6.45) is -0.0806. The maximum atomic E-state index is 12.2. The van der Waals surface area contributed by atoms with E-state index in [0.717, 1.165) is 10.5 Å². The van der Waals surface area contributed by atoms with Crippen LogP contribution < -0.4 is 10.1 Å². The van der Waals surface area contributed by atoms with Crippen molar-refractivity contribution in [2.75, 3.05) is 7.11 Å². The third-order valence-electron chi connectivity index (χ3n) is 4.30. The minimum absolute atomic E-state index is 0.0806. The summed E-state index contributed by atoms with van der Waals surface area (Å²) in [6, 6.07) is 14.2. The second-order valence-corrected chi connectivity index (χ2v) is 7.47. The van der Waals surface area contributed by atoms with Gasteiger partial charge in [0.05, 0.1) is 19.6 Å². The third-order valence-corrected chi connectivity index (χ3v) is 5.73. The fourth-order valence-electron chi connectivity index (χ4n) is 3.00. The van der Waals surface area contributed by atoms with Gasteiger partial charge in [-0.05, 0) is 36.8 Å². The van der Waals surface area contributed by atoms with Crippen LogP contribution in [0.2, 0.25) is 0 Å². The Bertz CT molecular complexity index is 805. The Hall–Kier alpha value is -2.47. The van der Waals surface area contributed by atoms with Crippen LogP contribution in [0.25, 0.3) is 0 Å². The highest BCUT2D eigenvalue weighted by Crippen LogP contribution is 2.48. The molecule has 1 amide bonds. The molecular weight excluding hydrogens is 338 g/mol. The molecule has 2 N–H and O–H groups in total. The topological polar surface area (TPSA) is 75.6 Å². The molecule has 3 rings (SSSR count). The average molecular weight is 357 g/mol. The van der Waals surface area contributed by atoms with Crippen molar-refractivity contribution in [3.63, 3.8) is 0 Å². The molecule has 0 aliphatic carbocycles. The van der Waals surface area contributed by atoms with E-state index in [1.54, 1.807) is 25.3 Å². The molecule has 0 saturated carbocycles. The zero-order chi connectivity index (χ0) is 18.0. The molecule has 130 valence electrons. The Morgan fingerprint density at radius 1 is 1.28 bits per heavy atom. The van der Waals surface area contributed by atoms with E-state index in [1.807, 2.05) is 37.3 Å². The maximum Gasteiger partial charge on any atom is 0.323 e. The van der Waals surface area contributed by atoms with Gasteiger partial charge in [0, 0.05) is 4.90 Å². The van der Waals surface area contributed by atoms with Gasteiger partial charge in [-0.15, -0.1) is 11.8 Å². The second kappa shape index (κ2) is 6.80. The molecular formula is C19H19NO4S. The maximum absolute atomic E-state index is 12.2. The van der Waals surface area contributed by atoms with Gasteiger partial charge in [0.2, 0.25) is 5.91 Å². The lowest BCUT2D eigenvalue weighted by Gasteiger charge is -2.29. The first kappa shape index (κ1) is 17.4. The van der Waals surface area contributed by atoms with Gasteiger partial charge >= 0.3 is 5.97 Å². The molecule has 0 bridgehead atoms. The van der Waals surface area contributed by atoms with Crippen LogP contribution in [0.4, 0.5) is 0 Å². The van der Waals surface area contributed by atoms with Crippen molar-refractivity contribution in [3.05, 3.63) is 59.7 Å². The van der Waals surface area contributed by atoms with Crippen molar-refractivity contribution in [2.45, 2.75) is 29.0 Å². The lowest BCUT2D eigenvalue weighted by molar-refractivity contribution is -0.140. The number of hydrogen-bond acceptors (Lipinski definition) is 4. The quantitative estimate of drug-likeness (QED) is 0.860. The van der Waals surface area contributed by atoms with Crippen molar-refractivity contribution in [2.24, 2.45) is 0 Å². The smallest absolute Gasteiger partial charge is 0.323 e. The Morgan fingerprint density at radius 3 is 2.64 bits per heavy atom. The monoisotopic (exact) mass is 357 g/mol. The number of benzene rings is 2. The molecule has 0 radical (unpaired) electrons. The first-order valence-electron chi connectivity index (χ1n) is 7.87. The molecule has 2 atom stereocenters. The second-order valence-electron chi connectivity index (χ2n) is 6.06. The van der Waals surface area contributed by atoms with Crippen molar-refractivity contribution in [1.29, 1.82) is 0 Å². The Morgan fingerprint density at radius 2 is 2.00 bits per heavy atom. The van der Waals surface area contributed by atoms with Gasteiger partial charge in [-0.2, -0.15) is 0 Å². The van der Waals surface area contributed by atoms with Crippen molar-refractivity contribution < 1.29 is 19.4 Å². The molecule has 0 aromatic heterocycles. The first-order valence-corrected chi connectivity index (χ1v) is 8.68. The largest absolute Gasteiger partial charge is 0.497 e. The predicted octanol–water partition coefficient (Wildman–Crippen LogP) is 3.18. The van der Waals surface area contributed by atoms with Crippen molar-refractivity contribution >= 4 is 23.6 Å². The summed E-state index contributed by atoms with van der Waals surface area (Å²) >= 11 is 1.21. The molecule has 1 aliphatic heterocycles. The van der Waals surface area contributed by atoms with Crippen LogP contribution >= 0.6 is 11.8 Å². The average Bonchev–Trinajstić information content (AvgIpc) is 2.94. The van der Waals surface area contributed by atoms with Crippen LogP contribution in [-0.4, -0.2) is 28.8 Å². The molecule has 1 saturated heterocycles. The minimum atomic E-state index is -1.31. The van der Waals surface area contributed by atoms with Gasteiger partial charge in [0.1, 0.15) is 5.75 Å². The molecule has 1 aliphatic rings. The number of carbonyl (C=O) groups excluding carboxylic acids is 1. The number of methoxy groups -OCH3 is 1. The number of amides is 1. The van der Waals surface area contributed by atoms with Gasteiger partial charge < -0.3 is 15.2 Å². The zero-order valence-electron chi connectivity index (χ0n) is 14.0. The number of nitrogens with one attached hydrogen (secondary N) is 1. The SMILES string of the molecule is COc1cccc([C@H]2NC(=O)C[C@]2(Sc2ccc(C)cc2)C(=O)O)c1. The number of carbonyl (C=O) groups is 2. The van der Waals surface area contributed by atoms with Crippen LogP contribution in [0, 0.1) is 6.92 Å². The van der Waals surface area contributed by atoms with Crippen LogP contribution in [0.1, 0.15) is 23.6 Å². The standard InChI is InChI=1S/C19H19NO4S/c1-12-6-8-15(9-7-12)25-19(18(22)23)11-16(21)20-17(19)13-4-3-5-14(10-13)24-2/h3-10,17H,11H2,1-2H3,(H,20,21)(H,22,23)/t17-,19-/m1/s1. The van der Waals surface area contributed by atoms with E-state index < -0.39 is 16.8 Å². The van der Waals surface area contributed by atoms with Crippen LogP contribution in [0.3, 0.4) is 0 Å². The van der Waals surface area contributed by atoms with Crippen LogP contribution in [0.15, 0.2) is 53.4 Å². The van der Waals surface area contributed by atoms with Crippen molar-refractivity contribution in [3.8, 4) is 5.75 Å². The molecule has 2 aromatic rings. The number of carboxylic acid groups (broad SMARTS) is 1. The number of aryl methyl sites for hydroxylation is 1. The molecule has 1 fully saturated rings. The van der Waals surface area contributed by atoms with Crippen LogP contribution in [0.5, 0.6) is 5.75 Å². The molecule has 25 heavy (non-hydrogen) atoms.